The molecule has 4 nitrogen and oxygen atoms in total. The van der Waals surface area contributed by atoms with Crippen LogP contribution in [0.25, 0.3) is 10.6 Å². The minimum absolute atomic E-state index is 0.108. The van der Waals surface area contributed by atoms with Gasteiger partial charge in [0, 0.05) is 42.8 Å². The molecule has 1 fully saturated rings. The number of amides is 1. The van der Waals surface area contributed by atoms with Crippen molar-refractivity contribution in [2.24, 2.45) is 0 Å². The maximum absolute atomic E-state index is 12.9. The van der Waals surface area contributed by atoms with Gasteiger partial charge in [0.25, 0.3) is 5.91 Å². The molecule has 1 saturated heterocycles. The molecule has 0 saturated carbocycles. The Hall–Kier alpha value is -1.43. The van der Waals surface area contributed by atoms with Crippen molar-refractivity contribution in [2.75, 3.05) is 26.2 Å². The Balaban J connectivity index is 1.80. The van der Waals surface area contributed by atoms with Crippen LogP contribution in [0.15, 0.2) is 18.2 Å². The first kappa shape index (κ1) is 18.4. The number of rotatable bonds is 3. The second-order valence-corrected chi connectivity index (χ2v) is 8.25. The summed E-state index contributed by atoms with van der Waals surface area (Å²) in [4.78, 5) is 22.7. The molecule has 0 unspecified atom stereocenters. The largest absolute Gasteiger partial charge is 0.335 e. The molecule has 1 amide bonds. The fraction of sp³-hybridized carbons (Fsp3) is 0.474. The summed E-state index contributed by atoms with van der Waals surface area (Å²) >= 11 is 7.53. The summed E-state index contributed by atoms with van der Waals surface area (Å²) in [5.74, 6) is 0.108. The van der Waals surface area contributed by atoms with Crippen molar-refractivity contribution in [1.29, 1.82) is 0 Å². The molecular weight excluding hydrogens is 354 g/mol. The first-order valence-electron chi connectivity index (χ1n) is 8.64. The highest BCUT2D eigenvalue weighted by Gasteiger charge is 2.26. The van der Waals surface area contributed by atoms with Gasteiger partial charge in [0.05, 0.1) is 5.69 Å². The Morgan fingerprint density at radius 2 is 1.88 bits per heavy atom. The Labute approximate surface area is 158 Å². The van der Waals surface area contributed by atoms with Crippen LogP contribution in [0.3, 0.4) is 0 Å². The number of nitrogens with zero attached hydrogens (tertiary/aromatic N) is 3. The van der Waals surface area contributed by atoms with Crippen LogP contribution in [0.2, 0.25) is 5.02 Å². The number of hydrogen-bond donors (Lipinski definition) is 0. The van der Waals surface area contributed by atoms with Crippen LogP contribution in [0.4, 0.5) is 0 Å². The van der Waals surface area contributed by atoms with Crippen LogP contribution >= 0.6 is 22.9 Å². The van der Waals surface area contributed by atoms with Gasteiger partial charge >= 0.3 is 0 Å². The van der Waals surface area contributed by atoms with Crippen molar-refractivity contribution in [3.05, 3.63) is 39.4 Å². The smallest absolute Gasteiger partial charge is 0.265 e. The van der Waals surface area contributed by atoms with E-state index in [1.54, 1.807) is 0 Å². The highest BCUT2D eigenvalue weighted by molar-refractivity contribution is 7.17. The van der Waals surface area contributed by atoms with Gasteiger partial charge in [-0.1, -0.05) is 17.7 Å². The van der Waals surface area contributed by atoms with E-state index in [1.165, 1.54) is 11.3 Å². The van der Waals surface area contributed by atoms with Gasteiger partial charge in [0.2, 0.25) is 0 Å². The molecule has 134 valence electrons. The third kappa shape index (κ3) is 3.89. The minimum Gasteiger partial charge on any atom is -0.335 e. The zero-order valence-corrected chi connectivity index (χ0v) is 16.7. The lowest BCUT2D eigenvalue weighted by Crippen LogP contribution is -2.50. The first-order valence-corrected chi connectivity index (χ1v) is 9.83. The number of aromatic nitrogens is 1. The van der Waals surface area contributed by atoms with E-state index in [1.807, 2.05) is 36.9 Å². The fourth-order valence-electron chi connectivity index (χ4n) is 3.16. The Kier molecular flexibility index (Phi) is 5.46. The summed E-state index contributed by atoms with van der Waals surface area (Å²) in [7, 11) is 0. The third-order valence-electron chi connectivity index (χ3n) is 4.74. The van der Waals surface area contributed by atoms with Gasteiger partial charge in [0.1, 0.15) is 9.88 Å². The molecule has 0 atom stereocenters. The average molecular weight is 378 g/mol. The third-order valence-corrected chi connectivity index (χ3v) is 6.16. The zero-order chi connectivity index (χ0) is 18.1. The highest BCUT2D eigenvalue weighted by Crippen LogP contribution is 2.32. The predicted octanol–water partition coefficient (Wildman–Crippen LogP) is 4.25. The summed E-state index contributed by atoms with van der Waals surface area (Å²) in [6.45, 7) is 11.8. The van der Waals surface area contributed by atoms with Gasteiger partial charge in [-0.3, -0.25) is 9.69 Å². The van der Waals surface area contributed by atoms with Gasteiger partial charge < -0.3 is 4.90 Å². The average Bonchev–Trinajstić information content (AvgIpc) is 2.95. The molecule has 1 aromatic heterocycles. The molecule has 3 rings (SSSR count). The number of thiazole rings is 1. The summed E-state index contributed by atoms with van der Waals surface area (Å²) < 4.78 is 0. The van der Waals surface area contributed by atoms with E-state index >= 15 is 0 Å². The second kappa shape index (κ2) is 7.44. The van der Waals surface area contributed by atoms with Crippen LogP contribution < -0.4 is 0 Å². The van der Waals surface area contributed by atoms with Gasteiger partial charge in [-0.15, -0.1) is 11.3 Å². The van der Waals surface area contributed by atoms with Crippen molar-refractivity contribution in [3.63, 3.8) is 0 Å². The molecule has 0 spiro atoms. The molecule has 1 aromatic carbocycles. The monoisotopic (exact) mass is 377 g/mol. The molecule has 25 heavy (non-hydrogen) atoms. The Morgan fingerprint density at radius 1 is 1.20 bits per heavy atom. The van der Waals surface area contributed by atoms with Crippen molar-refractivity contribution in [2.45, 2.75) is 33.7 Å². The number of carbonyl (C=O) groups is 1. The van der Waals surface area contributed by atoms with Crippen LogP contribution in [-0.4, -0.2) is 52.9 Å². The lowest BCUT2D eigenvalue weighted by atomic mass is 10.1. The van der Waals surface area contributed by atoms with E-state index in [9.17, 15) is 4.79 Å². The molecule has 0 aliphatic carbocycles. The van der Waals surface area contributed by atoms with E-state index in [-0.39, 0.29) is 5.91 Å². The fourth-order valence-corrected chi connectivity index (χ4v) is 4.51. The van der Waals surface area contributed by atoms with Gasteiger partial charge in [-0.2, -0.15) is 0 Å². The van der Waals surface area contributed by atoms with Crippen LogP contribution in [0.5, 0.6) is 0 Å². The summed E-state index contributed by atoms with van der Waals surface area (Å²) in [5, 5.41) is 1.60. The molecule has 0 radical (unpaired) electrons. The van der Waals surface area contributed by atoms with E-state index in [0.29, 0.717) is 11.1 Å². The maximum Gasteiger partial charge on any atom is 0.265 e. The molecular formula is C19H24ClN3OS. The molecule has 0 N–H and O–H groups in total. The van der Waals surface area contributed by atoms with Crippen LogP contribution in [-0.2, 0) is 0 Å². The van der Waals surface area contributed by atoms with E-state index in [2.05, 4.69) is 23.7 Å². The second-order valence-electron chi connectivity index (χ2n) is 6.81. The summed E-state index contributed by atoms with van der Waals surface area (Å²) in [6, 6.07) is 6.31. The van der Waals surface area contributed by atoms with Crippen LogP contribution in [0.1, 0.15) is 34.8 Å². The standard InChI is InChI=1S/C19H24ClN3OS/c1-12(2)22-7-9-23(10-8-22)19(24)17-14(4)21-18(25-17)16-6-5-15(20)11-13(16)3/h5-6,11-12H,7-10H2,1-4H3. The van der Waals surface area contributed by atoms with E-state index in [0.717, 1.165) is 52.9 Å². The SMILES string of the molecule is Cc1cc(Cl)ccc1-c1nc(C)c(C(=O)N2CCN(C(C)C)CC2)s1. The predicted molar refractivity (Wildman–Crippen MR) is 105 cm³/mol. The minimum atomic E-state index is 0.108. The number of benzene rings is 1. The van der Waals surface area contributed by atoms with Gasteiger partial charge in [-0.25, -0.2) is 4.98 Å². The topological polar surface area (TPSA) is 36.4 Å². The summed E-state index contributed by atoms with van der Waals surface area (Å²) in [5.41, 5.74) is 2.93. The lowest BCUT2D eigenvalue weighted by Gasteiger charge is -2.36. The Morgan fingerprint density at radius 3 is 2.48 bits per heavy atom. The molecule has 0 bridgehead atoms. The number of carbonyl (C=O) groups excluding carboxylic acids is 1. The van der Waals surface area contributed by atoms with E-state index < -0.39 is 0 Å². The zero-order valence-electron chi connectivity index (χ0n) is 15.2. The normalized spacial score (nSPS) is 15.8. The molecule has 2 aromatic rings. The van der Waals surface area contributed by atoms with Crippen molar-refractivity contribution >= 4 is 28.8 Å². The molecule has 1 aliphatic heterocycles. The van der Waals surface area contributed by atoms with Crippen LogP contribution in [0, 0.1) is 13.8 Å². The molecule has 2 heterocycles. The summed E-state index contributed by atoms with van der Waals surface area (Å²) in [6.07, 6.45) is 0. The van der Waals surface area contributed by atoms with Crippen molar-refractivity contribution in [1.82, 2.24) is 14.8 Å². The highest BCUT2D eigenvalue weighted by atomic mass is 35.5. The first-order chi connectivity index (χ1) is 11.9. The number of aryl methyl sites for hydroxylation is 2. The Bertz CT molecular complexity index is 779. The number of halogens is 1. The van der Waals surface area contributed by atoms with Gasteiger partial charge in [0.15, 0.2) is 0 Å². The number of piperazine rings is 1. The molecule has 1 aliphatic rings. The lowest BCUT2D eigenvalue weighted by molar-refractivity contribution is 0.0599. The number of hydrogen-bond acceptors (Lipinski definition) is 4. The van der Waals surface area contributed by atoms with Crippen molar-refractivity contribution in [3.8, 4) is 10.6 Å². The van der Waals surface area contributed by atoms with Gasteiger partial charge in [-0.05, 0) is 45.4 Å². The molecule has 6 heteroatoms. The maximum atomic E-state index is 12.9. The van der Waals surface area contributed by atoms with E-state index in [4.69, 9.17) is 11.6 Å². The quantitative estimate of drug-likeness (QED) is 0.802. The van der Waals surface area contributed by atoms with Crippen molar-refractivity contribution < 1.29 is 4.79 Å².